The van der Waals surface area contributed by atoms with Gasteiger partial charge in [-0.25, -0.2) is 4.79 Å². The number of hydrogen-bond donors (Lipinski definition) is 2. The molecule has 8 heteroatoms. The molecule has 180 valence electrons. The fraction of sp³-hybridized carbons (Fsp3) is 0.423. The Hall–Kier alpha value is -3.39. The van der Waals surface area contributed by atoms with Crippen LogP contribution in [-0.4, -0.2) is 65.9 Å². The first-order valence-electron chi connectivity index (χ1n) is 11.6. The van der Waals surface area contributed by atoms with Crippen LogP contribution in [0.2, 0.25) is 0 Å². The summed E-state index contributed by atoms with van der Waals surface area (Å²) in [6.45, 7) is 4.27. The van der Waals surface area contributed by atoms with Crippen LogP contribution in [0.1, 0.15) is 43.7 Å². The molecule has 2 unspecified atom stereocenters. The first kappa shape index (κ1) is 23.8. The zero-order valence-electron chi connectivity index (χ0n) is 19.5. The van der Waals surface area contributed by atoms with Crippen LogP contribution in [0, 0.1) is 0 Å². The van der Waals surface area contributed by atoms with E-state index in [0.29, 0.717) is 19.6 Å². The third kappa shape index (κ3) is 4.50. The molecule has 1 fully saturated rings. The van der Waals surface area contributed by atoms with Crippen molar-refractivity contribution in [1.29, 1.82) is 0 Å². The van der Waals surface area contributed by atoms with Gasteiger partial charge in [-0.2, -0.15) is 0 Å². The smallest absolute Gasteiger partial charge is 0.408 e. The Balaban J connectivity index is 1.47. The van der Waals surface area contributed by atoms with Crippen LogP contribution in [0.5, 0.6) is 0 Å². The molecular weight excluding hydrogens is 436 g/mol. The maximum absolute atomic E-state index is 13.4. The quantitative estimate of drug-likeness (QED) is 0.618. The van der Waals surface area contributed by atoms with Gasteiger partial charge >= 0.3 is 12.1 Å². The maximum atomic E-state index is 13.4. The monoisotopic (exact) mass is 466 g/mol. The van der Waals surface area contributed by atoms with Gasteiger partial charge in [0, 0.05) is 31.5 Å². The van der Waals surface area contributed by atoms with E-state index in [1.807, 2.05) is 36.4 Å². The summed E-state index contributed by atoms with van der Waals surface area (Å²) in [5.41, 5.74) is 3.20. The van der Waals surface area contributed by atoms with Crippen LogP contribution in [-0.2, 0) is 19.1 Å². The highest BCUT2D eigenvalue weighted by Gasteiger charge is 2.47. The van der Waals surface area contributed by atoms with Crippen LogP contribution < -0.4 is 5.32 Å². The Morgan fingerprint density at radius 3 is 2.29 bits per heavy atom. The number of nitrogens with zero attached hydrogens (tertiary/aromatic N) is 1. The second-order valence-corrected chi connectivity index (χ2v) is 8.87. The van der Waals surface area contributed by atoms with E-state index >= 15 is 0 Å². The molecule has 0 saturated carbocycles. The number of carbonyl (C=O) groups excluding carboxylic acids is 2. The molecule has 2 aliphatic rings. The van der Waals surface area contributed by atoms with Gasteiger partial charge in [-0.3, -0.25) is 9.59 Å². The Bertz CT molecular complexity index is 1030. The highest BCUT2D eigenvalue weighted by Crippen LogP contribution is 2.44. The summed E-state index contributed by atoms with van der Waals surface area (Å²) in [7, 11) is 0. The van der Waals surface area contributed by atoms with Crippen LogP contribution >= 0.6 is 0 Å². The van der Waals surface area contributed by atoms with Crippen molar-refractivity contribution in [1.82, 2.24) is 10.2 Å². The number of aliphatic carboxylic acids is 1. The molecule has 2 amide bonds. The van der Waals surface area contributed by atoms with E-state index in [4.69, 9.17) is 14.6 Å². The number of nitrogens with one attached hydrogen (secondary N) is 1. The number of likely N-dealkylation sites (N-methyl/N-ethyl adjacent to an activating group) is 1. The molecule has 0 bridgehead atoms. The summed E-state index contributed by atoms with van der Waals surface area (Å²) >= 11 is 0. The Morgan fingerprint density at radius 1 is 1.15 bits per heavy atom. The lowest BCUT2D eigenvalue weighted by Gasteiger charge is -2.36. The largest absolute Gasteiger partial charge is 0.481 e. The molecule has 34 heavy (non-hydrogen) atoms. The van der Waals surface area contributed by atoms with Crippen molar-refractivity contribution in [3.8, 4) is 11.1 Å². The van der Waals surface area contributed by atoms with Crippen molar-refractivity contribution in [2.75, 3.05) is 26.4 Å². The van der Waals surface area contributed by atoms with Crippen molar-refractivity contribution >= 4 is 18.0 Å². The molecule has 0 aromatic heterocycles. The van der Waals surface area contributed by atoms with Gasteiger partial charge in [0.15, 0.2) is 0 Å². The van der Waals surface area contributed by atoms with E-state index in [9.17, 15) is 14.4 Å². The third-order valence-electron chi connectivity index (χ3n) is 6.72. The SMILES string of the molecule is CCN(C(=O)C1(NC(=O)OCC2c3ccccc3-c3ccccc32)CCOC1)C(C)CC(=O)O. The van der Waals surface area contributed by atoms with Crippen LogP contribution in [0.3, 0.4) is 0 Å². The molecule has 1 heterocycles. The minimum Gasteiger partial charge on any atom is -0.481 e. The average Bonchev–Trinajstić information content (AvgIpc) is 3.41. The number of fused-ring (bicyclic) bond motifs is 3. The van der Waals surface area contributed by atoms with E-state index in [0.717, 1.165) is 22.3 Å². The molecule has 1 aliphatic heterocycles. The normalized spacial score (nSPS) is 19.7. The molecule has 4 rings (SSSR count). The van der Waals surface area contributed by atoms with Crippen LogP contribution in [0.4, 0.5) is 4.79 Å². The molecule has 1 aliphatic carbocycles. The molecule has 2 N–H and O–H groups in total. The number of benzene rings is 2. The van der Waals surface area contributed by atoms with E-state index in [1.54, 1.807) is 13.8 Å². The van der Waals surface area contributed by atoms with Gasteiger partial charge in [0.05, 0.1) is 13.0 Å². The van der Waals surface area contributed by atoms with Crippen molar-refractivity contribution in [2.45, 2.75) is 44.2 Å². The molecular formula is C26H30N2O6. The van der Waals surface area contributed by atoms with E-state index < -0.39 is 23.6 Å². The molecule has 0 spiro atoms. The number of hydrogen-bond acceptors (Lipinski definition) is 5. The fourth-order valence-electron chi connectivity index (χ4n) is 5.01. The zero-order chi connectivity index (χ0) is 24.3. The van der Waals surface area contributed by atoms with E-state index in [-0.39, 0.29) is 31.5 Å². The van der Waals surface area contributed by atoms with Gasteiger partial charge < -0.3 is 24.8 Å². The number of carboxylic acid groups (broad SMARTS) is 1. The number of rotatable bonds is 8. The van der Waals surface area contributed by atoms with E-state index in [2.05, 4.69) is 17.4 Å². The highest BCUT2D eigenvalue weighted by atomic mass is 16.6. The number of alkyl carbamates (subject to hydrolysis) is 1. The summed E-state index contributed by atoms with van der Waals surface area (Å²) in [6.07, 6.45) is -0.573. The predicted molar refractivity (Wildman–Crippen MR) is 125 cm³/mol. The second-order valence-electron chi connectivity index (χ2n) is 8.87. The lowest BCUT2D eigenvalue weighted by atomic mass is 9.95. The van der Waals surface area contributed by atoms with Crippen LogP contribution in [0.25, 0.3) is 11.1 Å². The zero-order valence-corrected chi connectivity index (χ0v) is 19.5. The lowest BCUT2D eigenvalue weighted by molar-refractivity contribution is -0.143. The average molecular weight is 467 g/mol. The summed E-state index contributed by atoms with van der Waals surface area (Å²) in [4.78, 5) is 39.0. The summed E-state index contributed by atoms with van der Waals surface area (Å²) in [5.74, 6) is -1.43. The van der Waals surface area contributed by atoms with Crippen molar-refractivity contribution in [3.05, 3.63) is 59.7 Å². The standard InChI is InChI=1S/C26H30N2O6/c1-3-28(17(2)14-23(29)30)24(31)26(12-13-33-16-26)27-25(32)34-15-22-20-10-6-4-8-18(20)19-9-5-7-11-21(19)22/h4-11,17,22H,3,12-16H2,1-2H3,(H,27,32)(H,29,30). The van der Waals surface area contributed by atoms with Gasteiger partial charge in [0.25, 0.3) is 5.91 Å². The maximum Gasteiger partial charge on any atom is 0.408 e. The fourth-order valence-corrected chi connectivity index (χ4v) is 5.01. The van der Waals surface area contributed by atoms with Gasteiger partial charge in [-0.15, -0.1) is 0 Å². The highest BCUT2D eigenvalue weighted by molar-refractivity contribution is 5.91. The predicted octanol–water partition coefficient (Wildman–Crippen LogP) is 3.40. The number of ether oxygens (including phenoxy) is 2. The summed E-state index contributed by atoms with van der Waals surface area (Å²) < 4.78 is 11.1. The van der Waals surface area contributed by atoms with Gasteiger partial charge in [-0.05, 0) is 36.1 Å². The van der Waals surface area contributed by atoms with Crippen molar-refractivity contribution < 1.29 is 29.0 Å². The van der Waals surface area contributed by atoms with Crippen molar-refractivity contribution in [2.24, 2.45) is 0 Å². The topological polar surface area (TPSA) is 105 Å². The third-order valence-corrected chi connectivity index (χ3v) is 6.72. The lowest BCUT2D eigenvalue weighted by Crippen LogP contribution is -2.62. The number of carboxylic acids is 1. The first-order valence-corrected chi connectivity index (χ1v) is 11.6. The molecule has 8 nitrogen and oxygen atoms in total. The van der Waals surface area contributed by atoms with E-state index in [1.165, 1.54) is 4.90 Å². The molecule has 1 saturated heterocycles. The van der Waals surface area contributed by atoms with Crippen molar-refractivity contribution in [3.63, 3.8) is 0 Å². The molecule has 2 atom stereocenters. The second kappa shape index (κ2) is 9.85. The first-order chi connectivity index (χ1) is 16.4. The van der Waals surface area contributed by atoms with Crippen LogP contribution in [0.15, 0.2) is 48.5 Å². The summed E-state index contributed by atoms with van der Waals surface area (Å²) in [5, 5.41) is 11.9. The number of amides is 2. The Labute approximate surface area is 198 Å². The minimum absolute atomic E-state index is 0.0202. The van der Waals surface area contributed by atoms with Gasteiger partial charge in [0.1, 0.15) is 12.1 Å². The molecule has 0 radical (unpaired) electrons. The van der Waals surface area contributed by atoms with Gasteiger partial charge in [-0.1, -0.05) is 48.5 Å². The minimum atomic E-state index is -1.27. The number of carbonyl (C=O) groups is 3. The molecule has 2 aromatic carbocycles. The molecule has 2 aromatic rings. The summed E-state index contributed by atoms with van der Waals surface area (Å²) in [6, 6.07) is 15.6. The Kier molecular flexibility index (Phi) is 6.88. The Morgan fingerprint density at radius 2 is 1.76 bits per heavy atom. The van der Waals surface area contributed by atoms with Gasteiger partial charge in [0.2, 0.25) is 0 Å².